The number of aromatic nitrogens is 2. The first kappa shape index (κ1) is 22.1. The van der Waals surface area contributed by atoms with Crippen LogP contribution in [0.25, 0.3) is 0 Å². The molecule has 1 aromatic heterocycles. The number of benzene rings is 1. The Morgan fingerprint density at radius 1 is 1.13 bits per heavy atom. The number of halogens is 2. The largest absolute Gasteiger partial charge is 0.381 e. The molecule has 2 aromatic rings. The molecule has 4 rings (SSSR count). The molecule has 1 aromatic carbocycles. The highest BCUT2D eigenvalue weighted by Gasteiger charge is 2.23. The third-order valence-corrected chi connectivity index (χ3v) is 6.42. The van der Waals surface area contributed by atoms with Gasteiger partial charge in [-0.3, -0.25) is 0 Å². The van der Waals surface area contributed by atoms with E-state index >= 15 is 0 Å². The summed E-state index contributed by atoms with van der Waals surface area (Å²) in [5.41, 5.74) is 3.12. The third kappa shape index (κ3) is 5.21. The van der Waals surface area contributed by atoms with Gasteiger partial charge in [0.1, 0.15) is 11.6 Å². The Hall–Kier alpha value is -2.12. The van der Waals surface area contributed by atoms with E-state index in [2.05, 4.69) is 29.0 Å². The van der Waals surface area contributed by atoms with E-state index in [0.717, 1.165) is 93.8 Å². The smallest absolute Gasteiger partial charge is 0.227 e. The molecule has 6 nitrogen and oxygen atoms in total. The van der Waals surface area contributed by atoms with Crippen LogP contribution >= 0.6 is 11.6 Å². The number of nitrogens with zero attached hydrogens (tertiary/aromatic N) is 4. The number of ether oxygens (including phenoxy) is 1. The van der Waals surface area contributed by atoms with Crippen LogP contribution in [0.3, 0.4) is 0 Å². The quantitative estimate of drug-likeness (QED) is 0.706. The highest BCUT2D eigenvalue weighted by atomic mass is 35.5. The van der Waals surface area contributed by atoms with Crippen molar-refractivity contribution in [2.24, 2.45) is 0 Å². The molecule has 2 aliphatic heterocycles. The number of nitrogens with one attached hydrogen (secondary N) is 1. The zero-order valence-corrected chi connectivity index (χ0v) is 19.1. The van der Waals surface area contributed by atoms with Gasteiger partial charge in [-0.25, -0.2) is 9.37 Å². The van der Waals surface area contributed by atoms with Crippen LogP contribution in [-0.4, -0.2) is 55.4 Å². The second-order valence-corrected chi connectivity index (χ2v) is 8.70. The molecular formula is C23H31ClFN5O. The fourth-order valence-electron chi connectivity index (χ4n) is 4.19. The number of hydrogen-bond acceptors (Lipinski definition) is 6. The van der Waals surface area contributed by atoms with Gasteiger partial charge in [-0.2, -0.15) is 4.98 Å². The molecule has 8 heteroatoms. The Balaban J connectivity index is 1.49. The number of anilines is 3. The molecule has 2 aliphatic rings. The van der Waals surface area contributed by atoms with Crippen LogP contribution < -0.4 is 15.1 Å². The maximum Gasteiger partial charge on any atom is 0.227 e. The number of rotatable bonds is 6. The SMILES string of the molecule is CCCc1nc(N2CCN(c3ccc(Cl)c(F)c3)CC2)nc(NC2CCOCC2)c1C. The minimum Gasteiger partial charge on any atom is -0.381 e. The van der Waals surface area contributed by atoms with Gasteiger partial charge in [-0.1, -0.05) is 24.9 Å². The number of aryl methyl sites for hydroxylation is 1. The number of piperazine rings is 1. The van der Waals surface area contributed by atoms with Crippen molar-refractivity contribution in [1.29, 1.82) is 0 Å². The fraction of sp³-hybridized carbons (Fsp3) is 0.565. The van der Waals surface area contributed by atoms with E-state index in [9.17, 15) is 4.39 Å². The third-order valence-electron chi connectivity index (χ3n) is 6.11. The lowest BCUT2D eigenvalue weighted by atomic mass is 10.1. The van der Waals surface area contributed by atoms with Gasteiger partial charge in [-0.15, -0.1) is 0 Å². The Labute approximate surface area is 188 Å². The topological polar surface area (TPSA) is 53.5 Å². The summed E-state index contributed by atoms with van der Waals surface area (Å²) in [5.74, 6) is 1.35. The van der Waals surface area contributed by atoms with Crippen molar-refractivity contribution < 1.29 is 9.13 Å². The van der Waals surface area contributed by atoms with E-state index in [1.807, 2.05) is 6.07 Å². The van der Waals surface area contributed by atoms with E-state index in [0.29, 0.717) is 6.04 Å². The summed E-state index contributed by atoms with van der Waals surface area (Å²) >= 11 is 5.83. The zero-order valence-electron chi connectivity index (χ0n) is 18.3. The van der Waals surface area contributed by atoms with Crippen LogP contribution in [0.1, 0.15) is 37.4 Å². The summed E-state index contributed by atoms with van der Waals surface area (Å²) in [4.78, 5) is 14.3. The van der Waals surface area contributed by atoms with Gasteiger partial charge >= 0.3 is 0 Å². The summed E-state index contributed by atoms with van der Waals surface area (Å²) < 4.78 is 19.4. The van der Waals surface area contributed by atoms with Gasteiger partial charge < -0.3 is 19.9 Å². The van der Waals surface area contributed by atoms with Crippen LogP contribution in [0.15, 0.2) is 18.2 Å². The van der Waals surface area contributed by atoms with Gasteiger partial charge in [0, 0.05) is 56.7 Å². The molecular weight excluding hydrogens is 417 g/mol. The van der Waals surface area contributed by atoms with Crippen LogP contribution in [0.2, 0.25) is 5.02 Å². The second kappa shape index (κ2) is 10.0. The Morgan fingerprint density at radius 2 is 1.84 bits per heavy atom. The van der Waals surface area contributed by atoms with Gasteiger partial charge in [0.2, 0.25) is 5.95 Å². The maximum absolute atomic E-state index is 13.9. The highest BCUT2D eigenvalue weighted by molar-refractivity contribution is 6.30. The van der Waals surface area contributed by atoms with Gasteiger partial charge in [0.15, 0.2) is 0 Å². The molecule has 0 amide bonds. The molecule has 0 radical (unpaired) electrons. The fourth-order valence-corrected chi connectivity index (χ4v) is 4.31. The lowest BCUT2D eigenvalue weighted by Crippen LogP contribution is -2.47. The first-order valence-electron chi connectivity index (χ1n) is 11.2. The van der Waals surface area contributed by atoms with Crippen molar-refractivity contribution in [3.05, 3.63) is 40.3 Å². The van der Waals surface area contributed by atoms with E-state index < -0.39 is 0 Å². The van der Waals surface area contributed by atoms with Crippen molar-refractivity contribution in [2.45, 2.75) is 45.6 Å². The predicted octanol–water partition coefficient (Wildman–Crippen LogP) is 4.45. The van der Waals surface area contributed by atoms with E-state index in [-0.39, 0.29) is 10.8 Å². The first-order chi connectivity index (χ1) is 15.0. The van der Waals surface area contributed by atoms with Gasteiger partial charge in [0.05, 0.1) is 10.7 Å². The monoisotopic (exact) mass is 447 g/mol. The van der Waals surface area contributed by atoms with E-state index in [4.69, 9.17) is 26.3 Å². The molecule has 2 saturated heterocycles. The van der Waals surface area contributed by atoms with Crippen molar-refractivity contribution >= 4 is 29.1 Å². The summed E-state index contributed by atoms with van der Waals surface area (Å²) in [7, 11) is 0. The zero-order chi connectivity index (χ0) is 21.8. The summed E-state index contributed by atoms with van der Waals surface area (Å²) in [5, 5.41) is 3.81. The van der Waals surface area contributed by atoms with Crippen molar-refractivity contribution in [2.75, 3.05) is 54.5 Å². The molecule has 1 N–H and O–H groups in total. The van der Waals surface area contributed by atoms with Gasteiger partial charge in [-0.05, 0) is 44.4 Å². The molecule has 168 valence electrons. The molecule has 0 spiro atoms. The molecule has 0 atom stereocenters. The highest BCUT2D eigenvalue weighted by Crippen LogP contribution is 2.26. The van der Waals surface area contributed by atoms with Gasteiger partial charge in [0.25, 0.3) is 0 Å². The minimum absolute atomic E-state index is 0.156. The molecule has 2 fully saturated rings. The van der Waals surface area contributed by atoms with E-state index in [1.165, 1.54) is 6.07 Å². The predicted molar refractivity (Wildman–Crippen MR) is 124 cm³/mol. The Morgan fingerprint density at radius 3 is 2.52 bits per heavy atom. The summed E-state index contributed by atoms with van der Waals surface area (Å²) in [6, 6.07) is 5.39. The Bertz CT molecular complexity index is 898. The standard InChI is InChI=1S/C23H31ClFN5O/c1-3-4-21-16(2)22(26-17-7-13-31-14-8-17)28-23(27-21)30-11-9-29(10-12-30)18-5-6-19(24)20(25)15-18/h5-6,15,17H,3-4,7-14H2,1-2H3,(H,26,27,28). The lowest BCUT2D eigenvalue weighted by Gasteiger charge is -2.36. The van der Waals surface area contributed by atoms with Crippen LogP contribution in [-0.2, 0) is 11.2 Å². The van der Waals surface area contributed by atoms with Crippen molar-refractivity contribution in [1.82, 2.24) is 9.97 Å². The number of hydrogen-bond donors (Lipinski definition) is 1. The minimum atomic E-state index is -0.378. The van der Waals surface area contributed by atoms with Crippen LogP contribution in [0.5, 0.6) is 0 Å². The normalized spacial score (nSPS) is 17.8. The average Bonchev–Trinajstić information content (AvgIpc) is 2.79. The Kier molecular flexibility index (Phi) is 7.13. The first-order valence-corrected chi connectivity index (χ1v) is 11.6. The maximum atomic E-state index is 13.9. The molecule has 0 saturated carbocycles. The summed E-state index contributed by atoms with van der Waals surface area (Å²) in [6.07, 6.45) is 3.98. The lowest BCUT2D eigenvalue weighted by molar-refractivity contribution is 0.0903. The molecule has 3 heterocycles. The van der Waals surface area contributed by atoms with Crippen molar-refractivity contribution in [3.63, 3.8) is 0 Å². The second-order valence-electron chi connectivity index (χ2n) is 8.30. The van der Waals surface area contributed by atoms with Crippen LogP contribution in [0, 0.1) is 12.7 Å². The van der Waals surface area contributed by atoms with Crippen LogP contribution in [0.4, 0.5) is 21.8 Å². The molecule has 0 unspecified atom stereocenters. The summed E-state index contributed by atoms with van der Waals surface area (Å²) in [6.45, 7) is 9.02. The van der Waals surface area contributed by atoms with Crippen molar-refractivity contribution in [3.8, 4) is 0 Å². The molecule has 31 heavy (non-hydrogen) atoms. The molecule has 0 bridgehead atoms. The van der Waals surface area contributed by atoms with E-state index in [1.54, 1.807) is 6.07 Å². The average molecular weight is 448 g/mol. The molecule has 0 aliphatic carbocycles.